The smallest absolute Gasteiger partial charge is 0.101 e. The second kappa shape index (κ2) is 4.97. The van der Waals surface area contributed by atoms with Gasteiger partial charge in [0.15, 0.2) is 0 Å². The van der Waals surface area contributed by atoms with Gasteiger partial charge in [0.05, 0.1) is 5.69 Å². The molecule has 1 heterocycles. The molecule has 2 N–H and O–H groups in total. The minimum Gasteiger partial charge on any atom is -0.330 e. The third-order valence-corrected chi connectivity index (χ3v) is 6.05. The summed E-state index contributed by atoms with van der Waals surface area (Å²) in [6, 6.07) is 8.87. The van der Waals surface area contributed by atoms with E-state index in [4.69, 9.17) is 10.7 Å². The molecule has 4 rings (SSSR count). The molecule has 0 saturated carbocycles. The minimum absolute atomic E-state index is 0.500. The van der Waals surface area contributed by atoms with Crippen LogP contribution in [0.15, 0.2) is 24.3 Å². The molecular formula is C17H20N2S. The van der Waals surface area contributed by atoms with Gasteiger partial charge in [-0.25, -0.2) is 4.98 Å². The third kappa shape index (κ3) is 1.92. The van der Waals surface area contributed by atoms with Crippen molar-refractivity contribution in [1.82, 2.24) is 4.98 Å². The topological polar surface area (TPSA) is 38.9 Å². The van der Waals surface area contributed by atoms with E-state index in [1.165, 1.54) is 58.8 Å². The standard InChI is InChI=1S/C17H20N2S/c18-10-12-5-3-7-15-16(12)19-17(20-15)14-9-8-11-4-1-2-6-13(11)14/h1-2,4,6,12,14H,3,5,7-10,18H2. The average molecular weight is 284 g/mol. The lowest BCUT2D eigenvalue weighted by atomic mass is 9.91. The molecule has 2 nitrogen and oxygen atoms in total. The summed E-state index contributed by atoms with van der Waals surface area (Å²) in [6.07, 6.45) is 6.12. The van der Waals surface area contributed by atoms with Gasteiger partial charge < -0.3 is 5.73 Å². The molecule has 0 fully saturated rings. The van der Waals surface area contributed by atoms with Gasteiger partial charge in [0, 0.05) is 23.3 Å². The summed E-state index contributed by atoms with van der Waals surface area (Å²) in [5.74, 6) is 1.03. The zero-order valence-corrected chi connectivity index (χ0v) is 12.5. The van der Waals surface area contributed by atoms with Gasteiger partial charge in [0.1, 0.15) is 5.01 Å². The molecule has 2 atom stereocenters. The highest BCUT2D eigenvalue weighted by Crippen LogP contribution is 2.43. The molecule has 0 aliphatic heterocycles. The van der Waals surface area contributed by atoms with Gasteiger partial charge in [-0.15, -0.1) is 11.3 Å². The van der Waals surface area contributed by atoms with Crippen LogP contribution < -0.4 is 5.73 Å². The highest BCUT2D eigenvalue weighted by atomic mass is 32.1. The second-order valence-corrected chi connectivity index (χ2v) is 7.09. The summed E-state index contributed by atoms with van der Waals surface area (Å²) in [6.45, 7) is 0.747. The Morgan fingerprint density at radius 2 is 2.10 bits per heavy atom. The van der Waals surface area contributed by atoms with E-state index in [2.05, 4.69) is 24.3 Å². The first-order chi connectivity index (χ1) is 9.86. The molecule has 0 saturated heterocycles. The van der Waals surface area contributed by atoms with E-state index in [1.807, 2.05) is 11.3 Å². The van der Waals surface area contributed by atoms with E-state index >= 15 is 0 Å². The zero-order valence-electron chi connectivity index (χ0n) is 11.6. The van der Waals surface area contributed by atoms with E-state index in [-0.39, 0.29) is 0 Å². The quantitative estimate of drug-likeness (QED) is 0.915. The molecule has 0 amide bonds. The van der Waals surface area contributed by atoms with Crippen LogP contribution in [0.4, 0.5) is 0 Å². The molecule has 2 unspecified atom stereocenters. The van der Waals surface area contributed by atoms with Crippen molar-refractivity contribution in [2.45, 2.75) is 43.9 Å². The number of fused-ring (bicyclic) bond motifs is 2. The van der Waals surface area contributed by atoms with E-state index < -0.39 is 0 Å². The lowest BCUT2D eigenvalue weighted by Gasteiger charge is -2.18. The van der Waals surface area contributed by atoms with Crippen LogP contribution in [0.3, 0.4) is 0 Å². The largest absolute Gasteiger partial charge is 0.330 e. The van der Waals surface area contributed by atoms with Crippen molar-refractivity contribution in [2.24, 2.45) is 5.73 Å². The molecule has 0 bridgehead atoms. The Morgan fingerprint density at radius 1 is 1.20 bits per heavy atom. The Labute approximate surface area is 124 Å². The maximum Gasteiger partial charge on any atom is 0.101 e. The van der Waals surface area contributed by atoms with Crippen molar-refractivity contribution >= 4 is 11.3 Å². The normalized spacial score (nSPS) is 24.4. The monoisotopic (exact) mass is 284 g/mol. The van der Waals surface area contributed by atoms with Crippen LogP contribution in [0.1, 0.15) is 57.8 Å². The molecule has 2 aliphatic carbocycles. The van der Waals surface area contributed by atoms with Crippen LogP contribution in [-0.2, 0) is 12.8 Å². The van der Waals surface area contributed by atoms with Gasteiger partial charge >= 0.3 is 0 Å². The number of nitrogens with zero attached hydrogens (tertiary/aromatic N) is 1. The molecule has 1 aromatic carbocycles. The molecule has 2 aromatic rings. The second-order valence-electron chi connectivity index (χ2n) is 5.98. The van der Waals surface area contributed by atoms with Crippen molar-refractivity contribution in [3.8, 4) is 0 Å². The number of hydrogen-bond donors (Lipinski definition) is 1. The Bertz CT molecular complexity index is 632. The molecule has 1 aromatic heterocycles. The first-order valence-electron chi connectivity index (χ1n) is 7.64. The summed E-state index contributed by atoms with van der Waals surface area (Å²) in [4.78, 5) is 6.53. The summed E-state index contributed by atoms with van der Waals surface area (Å²) in [5, 5.41) is 1.33. The first-order valence-corrected chi connectivity index (χ1v) is 8.46. The minimum atomic E-state index is 0.500. The summed E-state index contributed by atoms with van der Waals surface area (Å²) < 4.78 is 0. The van der Waals surface area contributed by atoms with Gasteiger partial charge in [0.25, 0.3) is 0 Å². The van der Waals surface area contributed by atoms with E-state index in [0.717, 1.165) is 6.54 Å². The van der Waals surface area contributed by atoms with E-state index in [0.29, 0.717) is 11.8 Å². The molecule has 3 heteroatoms. The van der Waals surface area contributed by atoms with Gasteiger partial charge in [-0.1, -0.05) is 24.3 Å². The number of nitrogens with two attached hydrogens (primary N) is 1. The Hall–Kier alpha value is -1.19. The van der Waals surface area contributed by atoms with Gasteiger partial charge in [-0.2, -0.15) is 0 Å². The lowest BCUT2D eigenvalue weighted by Crippen LogP contribution is -2.17. The van der Waals surface area contributed by atoms with Crippen molar-refractivity contribution < 1.29 is 0 Å². The molecule has 0 spiro atoms. The van der Waals surface area contributed by atoms with Crippen LogP contribution in [0.25, 0.3) is 0 Å². The van der Waals surface area contributed by atoms with Gasteiger partial charge in [-0.3, -0.25) is 0 Å². The number of benzene rings is 1. The molecular weight excluding hydrogens is 264 g/mol. The van der Waals surface area contributed by atoms with Crippen molar-refractivity contribution in [3.63, 3.8) is 0 Å². The van der Waals surface area contributed by atoms with Gasteiger partial charge in [0.2, 0.25) is 0 Å². The van der Waals surface area contributed by atoms with Crippen molar-refractivity contribution in [3.05, 3.63) is 51.0 Å². The highest BCUT2D eigenvalue weighted by Gasteiger charge is 2.30. The van der Waals surface area contributed by atoms with Crippen LogP contribution in [0.5, 0.6) is 0 Å². The predicted molar refractivity (Wildman–Crippen MR) is 83.5 cm³/mol. The Morgan fingerprint density at radius 3 is 3.00 bits per heavy atom. The third-order valence-electron chi connectivity index (χ3n) is 4.80. The fourth-order valence-corrected chi connectivity index (χ4v) is 5.07. The number of aryl methyl sites for hydroxylation is 2. The van der Waals surface area contributed by atoms with Crippen LogP contribution >= 0.6 is 11.3 Å². The maximum atomic E-state index is 5.92. The van der Waals surface area contributed by atoms with E-state index in [9.17, 15) is 0 Å². The van der Waals surface area contributed by atoms with Crippen LogP contribution in [-0.4, -0.2) is 11.5 Å². The first kappa shape index (κ1) is 12.5. The molecule has 0 radical (unpaired) electrons. The van der Waals surface area contributed by atoms with Crippen LogP contribution in [0, 0.1) is 0 Å². The zero-order chi connectivity index (χ0) is 13.5. The number of rotatable bonds is 2. The highest BCUT2D eigenvalue weighted by molar-refractivity contribution is 7.11. The Kier molecular flexibility index (Phi) is 3.12. The SMILES string of the molecule is NCC1CCCc2sc(C3CCc4ccccc43)nc21. The predicted octanol–water partition coefficient (Wildman–Crippen LogP) is 3.60. The Balaban J connectivity index is 1.73. The van der Waals surface area contributed by atoms with Crippen LogP contribution in [0.2, 0.25) is 0 Å². The lowest BCUT2D eigenvalue weighted by molar-refractivity contribution is 0.552. The number of thiazole rings is 1. The fraction of sp³-hybridized carbons (Fsp3) is 0.471. The fourth-order valence-electron chi connectivity index (χ4n) is 3.72. The average Bonchev–Trinajstić information content (AvgIpc) is 3.10. The van der Waals surface area contributed by atoms with E-state index in [1.54, 1.807) is 0 Å². The molecule has 20 heavy (non-hydrogen) atoms. The summed E-state index contributed by atoms with van der Waals surface area (Å²) in [7, 11) is 0. The molecule has 2 aliphatic rings. The maximum absolute atomic E-state index is 5.92. The van der Waals surface area contributed by atoms with Crippen molar-refractivity contribution in [1.29, 1.82) is 0 Å². The number of aromatic nitrogens is 1. The summed E-state index contributed by atoms with van der Waals surface area (Å²) >= 11 is 1.95. The number of hydrogen-bond acceptors (Lipinski definition) is 3. The van der Waals surface area contributed by atoms with Crippen molar-refractivity contribution in [2.75, 3.05) is 6.54 Å². The van der Waals surface area contributed by atoms with Gasteiger partial charge in [-0.05, 0) is 43.2 Å². The molecule has 104 valence electrons. The summed E-state index contributed by atoms with van der Waals surface area (Å²) in [5.41, 5.74) is 10.3.